The van der Waals surface area contributed by atoms with Gasteiger partial charge in [0.25, 0.3) is 0 Å². The zero-order chi connectivity index (χ0) is 13.7. The number of hydrogen-bond donors (Lipinski definition) is 1. The molecule has 0 heterocycles. The molecule has 0 aliphatic heterocycles. The minimum absolute atomic E-state index is 0.133. The molecule has 3 heteroatoms. The van der Waals surface area contributed by atoms with E-state index in [4.69, 9.17) is 5.26 Å². The summed E-state index contributed by atoms with van der Waals surface area (Å²) in [6.07, 6.45) is 4.61. The minimum Gasteiger partial charge on any atom is -0.352 e. The summed E-state index contributed by atoms with van der Waals surface area (Å²) in [6.45, 7) is 0. The second kappa shape index (κ2) is 4.34. The molecule has 1 aromatic carbocycles. The zero-order valence-corrected chi connectivity index (χ0v) is 11.4. The standard InChI is InChI=1S/C17H18N2O/c18-9-11-3-1-10(2-4-11)7-14(20)19-17-15-12-5-6-13(8-12)16(15)17/h1-4,12-13,15-17H,5-8H2,(H,19,20). The van der Waals surface area contributed by atoms with Gasteiger partial charge in [-0.05, 0) is 60.6 Å². The number of hydrogen-bond acceptors (Lipinski definition) is 2. The van der Waals surface area contributed by atoms with Crippen LogP contribution < -0.4 is 5.32 Å². The number of fused-ring (bicyclic) bond motifs is 5. The van der Waals surface area contributed by atoms with E-state index in [-0.39, 0.29) is 5.91 Å². The number of nitrogens with one attached hydrogen (secondary N) is 1. The normalized spacial score (nSPS) is 36.2. The first-order valence-electron chi connectivity index (χ1n) is 7.54. The van der Waals surface area contributed by atoms with E-state index in [1.807, 2.05) is 12.1 Å². The minimum atomic E-state index is 0.133. The van der Waals surface area contributed by atoms with Gasteiger partial charge in [-0.3, -0.25) is 4.79 Å². The topological polar surface area (TPSA) is 52.9 Å². The Morgan fingerprint density at radius 2 is 1.85 bits per heavy atom. The van der Waals surface area contributed by atoms with Crippen LogP contribution in [0.2, 0.25) is 0 Å². The maximum Gasteiger partial charge on any atom is 0.224 e. The molecule has 3 aliphatic carbocycles. The quantitative estimate of drug-likeness (QED) is 0.912. The molecule has 3 aliphatic rings. The fourth-order valence-electron chi connectivity index (χ4n) is 4.64. The third-order valence-corrected chi connectivity index (χ3v) is 5.51. The predicted octanol–water partition coefficient (Wildman–Crippen LogP) is 2.26. The Hall–Kier alpha value is -1.82. The molecule has 20 heavy (non-hydrogen) atoms. The number of carbonyl (C=O) groups excluding carboxylic acids is 1. The molecule has 0 radical (unpaired) electrons. The van der Waals surface area contributed by atoms with Crippen molar-refractivity contribution in [3.8, 4) is 6.07 Å². The molecule has 3 nitrogen and oxygen atoms in total. The van der Waals surface area contributed by atoms with E-state index in [0.717, 1.165) is 29.2 Å². The van der Waals surface area contributed by atoms with Crippen LogP contribution in [0.4, 0.5) is 0 Å². The first kappa shape index (κ1) is 12.0. The molecule has 4 unspecified atom stereocenters. The van der Waals surface area contributed by atoms with Gasteiger partial charge in [0, 0.05) is 6.04 Å². The Morgan fingerprint density at radius 1 is 1.20 bits per heavy atom. The highest BCUT2D eigenvalue weighted by atomic mass is 16.1. The van der Waals surface area contributed by atoms with Crippen molar-refractivity contribution in [1.82, 2.24) is 5.32 Å². The summed E-state index contributed by atoms with van der Waals surface area (Å²) < 4.78 is 0. The van der Waals surface area contributed by atoms with Crippen molar-refractivity contribution in [3.05, 3.63) is 35.4 Å². The van der Waals surface area contributed by atoms with Crippen LogP contribution in [0, 0.1) is 35.0 Å². The molecular formula is C17H18N2O. The van der Waals surface area contributed by atoms with Crippen molar-refractivity contribution in [2.24, 2.45) is 23.7 Å². The van der Waals surface area contributed by atoms with E-state index in [1.165, 1.54) is 19.3 Å². The lowest BCUT2D eigenvalue weighted by molar-refractivity contribution is -0.120. The molecule has 2 bridgehead atoms. The van der Waals surface area contributed by atoms with Crippen LogP contribution in [-0.2, 0) is 11.2 Å². The van der Waals surface area contributed by atoms with Gasteiger partial charge in [-0.1, -0.05) is 12.1 Å². The van der Waals surface area contributed by atoms with E-state index in [1.54, 1.807) is 12.1 Å². The highest BCUT2D eigenvalue weighted by Crippen LogP contribution is 2.65. The largest absolute Gasteiger partial charge is 0.352 e. The lowest BCUT2D eigenvalue weighted by Gasteiger charge is -2.10. The third kappa shape index (κ3) is 1.83. The summed E-state index contributed by atoms with van der Waals surface area (Å²) in [7, 11) is 0. The van der Waals surface area contributed by atoms with E-state index in [9.17, 15) is 4.79 Å². The fraction of sp³-hybridized carbons (Fsp3) is 0.529. The summed E-state index contributed by atoms with van der Waals surface area (Å²) in [6, 6.07) is 9.84. The van der Waals surface area contributed by atoms with E-state index >= 15 is 0 Å². The van der Waals surface area contributed by atoms with Crippen LogP contribution in [0.25, 0.3) is 0 Å². The predicted molar refractivity (Wildman–Crippen MR) is 74.6 cm³/mol. The molecule has 4 rings (SSSR count). The second-order valence-electron chi connectivity index (χ2n) is 6.57. The molecular weight excluding hydrogens is 248 g/mol. The summed E-state index contributed by atoms with van der Waals surface area (Å²) in [5.41, 5.74) is 1.62. The monoisotopic (exact) mass is 266 g/mol. The maximum atomic E-state index is 12.1. The average Bonchev–Trinajstić information content (AvgIpc) is 2.85. The van der Waals surface area contributed by atoms with Gasteiger partial charge < -0.3 is 5.32 Å². The van der Waals surface area contributed by atoms with E-state index < -0.39 is 0 Å². The first-order chi connectivity index (χ1) is 9.76. The Balaban J connectivity index is 1.34. The molecule has 1 aromatic rings. The molecule has 4 atom stereocenters. The highest BCUT2D eigenvalue weighted by molar-refractivity contribution is 5.79. The molecule has 0 saturated heterocycles. The van der Waals surface area contributed by atoms with Crippen LogP contribution in [0.1, 0.15) is 30.4 Å². The number of carbonyl (C=O) groups is 1. The van der Waals surface area contributed by atoms with Crippen molar-refractivity contribution >= 4 is 5.91 Å². The van der Waals surface area contributed by atoms with Crippen LogP contribution >= 0.6 is 0 Å². The lowest BCUT2D eigenvalue weighted by Crippen LogP contribution is -2.31. The van der Waals surface area contributed by atoms with Crippen LogP contribution in [0.5, 0.6) is 0 Å². The van der Waals surface area contributed by atoms with Crippen molar-refractivity contribution in [2.45, 2.75) is 31.7 Å². The lowest BCUT2D eigenvalue weighted by atomic mass is 10.0. The second-order valence-corrected chi connectivity index (χ2v) is 6.57. The molecule has 3 fully saturated rings. The summed E-state index contributed by atoms with van der Waals surface area (Å²) in [4.78, 5) is 12.1. The Kier molecular flexibility index (Phi) is 2.60. The van der Waals surface area contributed by atoms with Crippen LogP contribution in [0.3, 0.4) is 0 Å². The van der Waals surface area contributed by atoms with Gasteiger partial charge in [0.2, 0.25) is 5.91 Å². The molecule has 0 aromatic heterocycles. The average molecular weight is 266 g/mol. The SMILES string of the molecule is N#Cc1ccc(CC(=O)NC2C3C4CCC(C4)C23)cc1. The van der Waals surface area contributed by atoms with Crippen LogP contribution in [-0.4, -0.2) is 11.9 Å². The number of nitriles is 1. The van der Waals surface area contributed by atoms with Crippen molar-refractivity contribution in [2.75, 3.05) is 0 Å². The van der Waals surface area contributed by atoms with Crippen LogP contribution in [0.15, 0.2) is 24.3 Å². The highest BCUT2D eigenvalue weighted by Gasteiger charge is 2.65. The summed E-state index contributed by atoms with van der Waals surface area (Å²) in [5.74, 6) is 3.50. The van der Waals surface area contributed by atoms with Gasteiger partial charge in [-0.15, -0.1) is 0 Å². The molecule has 3 saturated carbocycles. The van der Waals surface area contributed by atoms with Gasteiger partial charge >= 0.3 is 0 Å². The first-order valence-corrected chi connectivity index (χ1v) is 7.54. The third-order valence-electron chi connectivity index (χ3n) is 5.51. The number of benzene rings is 1. The fourth-order valence-corrected chi connectivity index (χ4v) is 4.64. The molecule has 102 valence electrons. The van der Waals surface area contributed by atoms with Gasteiger partial charge in [0.1, 0.15) is 0 Å². The van der Waals surface area contributed by atoms with Crippen molar-refractivity contribution in [1.29, 1.82) is 5.26 Å². The Morgan fingerprint density at radius 3 is 2.45 bits per heavy atom. The zero-order valence-electron chi connectivity index (χ0n) is 11.4. The Bertz CT molecular complexity index is 570. The summed E-state index contributed by atoms with van der Waals surface area (Å²) >= 11 is 0. The van der Waals surface area contributed by atoms with Crippen molar-refractivity contribution in [3.63, 3.8) is 0 Å². The molecule has 0 spiro atoms. The number of nitrogens with zero attached hydrogens (tertiary/aromatic N) is 1. The van der Waals surface area contributed by atoms with Gasteiger partial charge in [0.15, 0.2) is 0 Å². The van der Waals surface area contributed by atoms with E-state index in [0.29, 0.717) is 18.0 Å². The van der Waals surface area contributed by atoms with Gasteiger partial charge in [-0.2, -0.15) is 5.26 Å². The number of amides is 1. The number of rotatable bonds is 3. The van der Waals surface area contributed by atoms with Crippen molar-refractivity contribution < 1.29 is 4.79 Å². The smallest absolute Gasteiger partial charge is 0.224 e. The molecule has 1 N–H and O–H groups in total. The molecule has 1 amide bonds. The van der Waals surface area contributed by atoms with Gasteiger partial charge in [-0.25, -0.2) is 0 Å². The van der Waals surface area contributed by atoms with E-state index in [2.05, 4.69) is 11.4 Å². The Labute approximate surface area is 119 Å². The summed E-state index contributed by atoms with van der Waals surface area (Å²) in [5, 5.41) is 12.0. The van der Waals surface area contributed by atoms with Gasteiger partial charge in [0.05, 0.1) is 18.1 Å². The maximum absolute atomic E-state index is 12.1.